The van der Waals surface area contributed by atoms with Crippen LogP contribution in [0, 0.1) is 5.82 Å². The molecule has 1 fully saturated rings. The van der Waals surface area contributed by atoms with E-state index >= 15 is 0 Å². The summed E-state index contributed by atoms with van der Waals surface area (Å²) in [5.41, 5.74) is 10.5. The number of carboxylic acid groups (broad SMARTS) is 1. The van der Waals surface area contributed by atoms with Crippen LogP contribution in [0.25, 0.3) is 0 Å². The van der Waals surface area contributed by atoms with Crippen molar-refractivity contribution < 1.29 is 28.7 Å². The van der Waals surface area contributed by atoms with Gasteiger partial charge >= 0.3 is 5.97 Å². The lowest BCUT2D eigenvalue weighted by Gasteiger charge is -2.48. The van der Waals surface area contributed by atoms with E-state index in [1.165, 1.54) is 0 Å². The topological polar surface area (TPSA) is 122 Å². The number of amides is 2. The van der Waals surface area contributed by atoms with Gasteiger partial charge in [-0.15, -0.1) is 0 Å². The van der Waals surface area contributed by atoms with E-state index in [2.05, 4.69) is 5.48 Å². The minimum absolute atomic E-state index is 0.0246. The van der Waals surface area contributed by atoms with Crippen molar-refractivity contribution >= 4 is 29.4 Å². The molecule has 10 heteroatoms. The molecule has 5 rings (SSSR count). The minimum atomic E-state index is -1.21. The molecule has 0 radical (unpaired) electrons. The van der Waals surface area contributed by atoms with Crippen LogP contribution in [0.1, 0.15) is 75.0 Å². The van der Waals surface area contributed by atoms with Crippen LogP contribution in [0.15, 0.2) is 66.7 Å². The van der Waals surface area contributed by atoms with Crippen molar-refractivity contribution in [2.24, 2.45) is 5.73 Å². The van der Waals surface area contributed by atoms with Crippen molar-refractivity contribution in [2.45, 2.75) is 56.3 Å². The van der Waals surface area contributed by atoms with Crippen LogP contribution in [0.5, 0.6) is 0 Å². The molecule has 0 bridgehead atoms. The summed E-state index contributed by atoms with van der Waals surface area (Å²) in [4.78, 5) is 46.3. The molecule has 0 unspecified atom stereocenters. The quantitative estimate of drug-likeness (QED) is 0.348. The molecule has 0 aromatic heterocycles. The Morgan fingerprint density at radius 1 is 1.07 bits per heavy atom. The summed E-state index contributed by atoms with van der Waals surface area (Å²) >= 11 is 6.17. The predicted molar refractivity (Wildman–Crippen MR) is 146 cm³/mol. The summed E-state index contributed by atoms with van der Waals surface area (Å²) in [6, 6.07) is 16.1. The zero-order valence-corrected chi connectivity index (χ0v) is 22.3. The molecule has 2 aliphatic rings. The zero-order valence-electron chi connectivity index (χ0n) is 21.6. The summed E-state index contributed by atoms with van der Waals surface area (Å²) in [6.45, 7) is -0.394. The van der Waals surface area contributed by atoms with Gasteiger partial charge in [-0.3, -0.25) is 14.4 Å². The molecule has 1 saturated carbocycles. The van der Waals surface area contributed by atoms with Crippen LogP contribution in [0.3, 0.4) is 0 Å². The fourth-order valence-corrected chi connectivity index (χ4v) is 5.89. The number of carbonyl (C=O) groups excluding carboxylic acids is 2. The van der Waals surface area contributed by atoms with Gasteiger partial charge in [0.15, 0.2) is 0 Å². The first-order chi connectivity index (χ1) is 19.3. The highest BCUT2D eigenvalue weighted by atomic mass is 35.5. The lowest BCUT2D eigenvalue weighted by molar-refractivity contribution is -0.138. The van der Waals surface area contributed by atoms with Gasteiger partial charge in [0.05, 0.1) is 17.5 Å². The fourth-order valence-electron chi connectivity index (χ4n) is 5.77. The molecule has 3 aromatic rings. The van der Waals surface area contributed by atoms with Crippen LogP contribution < -0.4 is 11.2 Å². The van der Waals surface area contributed by atoms with Crippen molar-refractivity contribution in [2.75, 3.05) is 0 Å². The molecule has 40 heavy (non-hydrogen) atoms. The smallest absolute Gasteiger partial charge is 0.335 e. The number of hydrogen-bond acceptors (Lipinski definition) is 5. The number of halogens is 2. The zero-order chi connectivity index (χ0) is 28.4. The Morgan fingerprint density at radius 2 is 1.80 bits per heavy atom. The number of nitrogens with two attached hydrogens (primary N) is 1. The lowest BCUT2D eigenvalue weighted by Crippen LogP contribution is -2.57. The highest BCUT2D eigenvalue weighted by Gasteiger charge is 2.48. The second kappa shape index (κ2) is 11.8. The van der Waals surface area contributed by atoms with Crippen LogP contribution in [0.2, 0.25) is 5.02 Å². The molecule has 0 spiro atoms. The van der Waals surface area contributed by atoms with E-state index in [0.717, 1.165) is 37.5 Å². The number of hydroxylamine groups is 1. The second-order valence-electron chi connectivity index (χ2n) is 10.2. The van der Waals surface area contributed by atoms with Crippen molar-refractivity contribution in [3.8, 4) is 0 Å². The Kier molecular flexibility index (Phi) is 8.16. The monoisotopic (exact) mass is 565 g/mol. The number of aromatic carboxylic acids is 1. The summed E-state index contributed by atoms with van der Waals surface area (Å²) in [5.74, 6) is -3.48. The number of benzene rings is 3. The Balaban J connectivity index is 1.51. The standard InChI is InChI=1S/C30H29ClFN3O5/c31-20-12-9-17(10-13-20)27-26(28(36)34-40-16-19-15-18(30(38)39)11-14-23(19)32)21-5-1-2-6-22(21)29(37)35(27)25-8-4-3-7-24(25)33/h1-2,5-6,9-15,24-27H,3-4,7-8,16,33H2,(H,34,36)(H,38,39)/t24-,25-,26+,27-/m0/s1. The average molecular weight is 566 g/mol. The molecule has 8 nitrogen and oxygen atoms in total. The highest BCUT2D eigenvalue weighted by Crippen LogP contribution is 2.45. The van der Waals surface area contributed by atoms with Gasteiger partial charge in [-0.05, 0) is 60.4 Å². The number of carboxylic acids is 1. The first-order valence-electron chi connectivity index (χ1n) is 13.1. The average Bonchev–Trinajstić information content (AvgIpc) is 2.95. The molecule has 4 atom stereocenters. The molecule has 3 aromatic carbocycles. The number of nitrogens with one attached hydrogen (secondary N) is 1. The van der Waals surface area contributed by atoms with Crippen molar-refractivity contribution in [1.29, 1.82) is 0 Å². The molecular weight excluding hydrogens is 537 g/mol. The fraction of sp³-hybridized carbons (Fsp3) is 0.300. The highest BCUT2D eigenvalue weighted by molar-refractivity contribution is 6.30. The van der Waals surface area contributed by atoms with Gasteiger partial charge in [0.2, 0.25) is 0 Å². The number of rotatable bonds is 7. The lowest BCUT2D eigenvalue weighted by atomic mass is 9.76. The third kappa shape index (κ3) is 5.45. The number of hydrogen-bond donors (Lipinski definition) is 3. The van der Waals surface area contributed by atoms with Crippen molar-refractivity contribution in [1.82, 2.24) is 10.4 Å². The summed E-state index contributed by atoms with van der Waals surface area (Å²) < 4.78 is 14.3. The van der Waals surface area contributed by atoms with Crippen LogP contribution in [-0.4, -0.2) is 39.9 Å². The van der Waals surface area contributed by atoms with E-state index in [4.69, 9.17) is 22.2 Å². The molecule has 1 aliphatic carbocycles. The van der Waals surface area contributed by atoms with Gasteiger partial charge in [-0.1, -0.05) is 54.8 Å². The Hall–Kier alpha value is -3.79. The molecule has 1 aliphatic heterocycles. The Morgan fingerprint density at radius 3 is 2.52 bits per heavy atom. The molecule has 2 amide bonds. The van der Waals surface area contributed by atoms with E-state index in [1.807, 2.05) is 0 Å². The maximum Gasteiger partial charge on any atom is 0.335 e. The minimum Gasteiger partial charge on any atom is -0.478 e. The third-order valence-corrected chi connectivity index (χ3v) is 7.95. The first kappa shape index (κ1) is 27.8. The van der Waals surface area contributed by atoms with E-state index < -0.39 is 36.3 Å². The first-order valence-corrected chi connectivity index (χ1v) is 13.5. The summed E-state index contributed by atoms with van der Waals surface area (Å²) in [7, 11) is 0. The van der Waals surface area contributed by atoms with Crippen molar-refractivity contribution in [3.63, 3.8) is 0 Å². The van der Waals surface area contributed by atoms with Gasteiger partial charge in [0.1, 0.15) is 12.4 Å². The van der Waals surface area contributed by atoms with E-state index in [0.29, 0.717) is 28.1 Å². The Bertz CT molecular complexity index is 1430. The van der Waals surface area contributed by atoms with E-state index in [1.54, 1.807) is 53.4 Å². The van der Waals surface area contributed by atoms with Gasteiger partial charge in [-0.2, -0.15) is 0 Å². The van der Waals surface area contributed by atoms with Crippen LogP contribution in [-0.2, 0) is 16.2 Å². The van der Waals surface area contributed by atoms with E-state index in [9.17, 15) is 23.9 Å². The van der Waals surface area contributed by atoms with E-state index in [-0.39, 0.29) is 29.1 Å². The number of carbonyl (C=O) groups is 3. The van der Waals surface area contributed by atoms with Crippen LogP contribution in [0.4, 0.5) is 4.39 Å². The normalized spacial score (nSPS) is 22.5. The predicted octanol–water partition coefficient (Wildman–Crippen LogP) is 4.98. The SMILES string of the molecule is N[C@H]1CCCC[C@@H]1N1C(=O)c2ccccc2[C@@H](C(=O)NOCc2cc(C(=O)O)ccc2F)[C@@H]1c1ccc(Cl)cc1. The summed E-state index contributed by atoms with van der Waals surface area (Å²) in [6.07, 6.45) is 3.37. The molecule has 1 heterocycles. The number of nitrogens with zero attached hydrogens (tertiary/aromatic N) is 1. The molecule has 208 valence electrons. The molecule has 4 N–H and O–H groups in total. The largest absolute Gasteiger partial charge is 0.478 e. The maximum absolute atomic E-state index is 14.3. The third-order valence-electron chi connectivity index (χ3n) is 7.70. The van der Waals surface area contributed by atoms with Gasteiger partial charge in [0, 0.05) is 28.2 Å². The van der Waals surface area contributed by atoms with Gasteiger partial charge in [-0.25, -0.2) is 14.7 Å². The van der Waals surface area contributed by atoms with Gasteiger partial charge < -0.3 is 15.7 Å². The maximum atomic E-state index is 14.3. The number of fused-ring (bicyclic) bond motifs is 1. The van der Waals surface area contributed by atoms with Crippen LogP contribution >= 0.6 is 11.6 Å². The molecular formula is C30H29ClFN3O5. The summed E-state index contributed by atoms with van der Waals surface area (Å²) in [5, 5.41) is 9.74. The van der Waals surface area contributed by atoms with Gasteiger partial charge in [0.25, 0.3) is 11.8 Å². The molecule has 0 saturated heterocycles. The Labute approximate surface area is 235 Å². The second-order valence-corrected chi connectivity index (χ2v) is 10.6. The van der Waals surface area contributed by atoms with Crippen molar-refractivity contribution in [3.05, 3.63) is 105 Å².